The monoisotopic (exact) mass is 107 g/mol. The quantitative estimate of drug-likeness (QED) is 0.465. The van der Waals surface area contributed by atoms with Crippen LogP contribution in [0.4, 0.5) is 0 Å². The number of nitrogens with one attached hydrogen (secondary N) is 1. The van der Waals surface area contributed by atoms with Gasteiger partial charge in [0.1, 0.15) is 0 Å². The second-order valence-corrected chi connectivity index (χ2v) is 0.761. The van der Waals surface area contributed by atoms with Gasteiger partial charge < -0.3 is 4.98 Å². The number of H-pyrrole nitrogens is 1. The van der Waals surface area contributed by atoms with Gasteiger partial charge in [0, 0.05) is 63.8 Å². The van der Waals surface area contributed by atoms with Crippen molar-refractivity contribution in [2.45, 2.75) is 0 Å². The fraction of sp³-hybridized carbons (Fsp3) is 0. The Bertz CT molecular complexity index is 65.3. The molecule has 0 unspecified atom stereocenters. The van der Waals surface area contributed by atoms with Gasteiger partial charge in [-0.05, 0) is 0 Å². The fourth-order valence-corrected chi connectivity index (χ4v) is 0.215. The van der Waals surface area contributed by atoms with E-state index in [1.54, 1.807) is 18.7 Å². The second kappa shape index (κ2) is 4.02. The number of hydrogen-bond donors (Lipinski definition) is 1. The molecule has 27 valence electrons. The molecule has 0 spiro atoms. The van der Waals surface area contributed by atoms with Crippen molar-refractivity contribution in [2.24, 2.45) is 0 Å². The van der Waals surface area contributed by atoms with Gasteiger partial charge in [-0.1, -0.05) is 0 Å². The molecule has 0 atom stereocenters. The van der Waals surface area contributed by atoms with Crippen LogP contribution in [0.2, 0.25) is 0 Å². The summed E-state index contributed by atoms with van der Waals surface area (Å²) in [5.41, 5.74) is 0. The summed E-state index contributed by atoms with van der Waals surface area (Å²) in [6, 6.07) is 0. The molecule has 0 aliphatic heterocycles. The first-order valence-electron chi connectivity index (χ1n) is 1.43. The van der Waals surface area contributed by atoms with Crippen LogP contribution in [0.1, 0.15) is 0 Å². The maximum Gasteiger partial charge on any atom is 0.0919 e. The molecule has 0 aliphatic rings. The number of aromatic amines is 1. The van der Waals surface area contributed by atoms with Crippen molar-refractivity contribution in [3.05, 3.63) is 18.7 Å². The first-order chi connectivity index (χ1) is 2.50. The number of nitrogens with zero attached hydrogens (tertiary/aromatic N) is 1. The van der Waals surface area contributed by atoms with Gasteiger partial charge in [0.15, 0.2) is 0 Å². The van der Waals surface area contributed by atoms with Gasteiger partial charge in [-0.25, -0.2) is 4.98 Å². The van der Waals surface area contributed by atoms with Gasteiger partial charge in [-0.3, -0.25) is 0 Å². The molecule has 0 aromatic carbocycles. The van der Waals surface area contributed by atoms with Gasteiger partial charge in [-0.15, -0.1) is 0 Å². The minimum absolute atomic E-state index is 0. The topological polar surface area (TPSA) is 28.7 Å². The third-order valence-corrected chi connectivity index (χ3v) is 0.406. The number of hydrogen-bond acceptors (Lipinski definition) is 1. The molecule has 0 saturated heterocycles. The molecule has 1 rings (SSSR count). The van der Waals surface area contributed by atoms with Crippen LogP contribution in [0.25, 0.3) is 0 Å². The van der Waals surface area contributed by atoms with E-state index in [0.29, 0.717) is 0 Å². The van der Waals surface area contributed by atoms with Crippen molar-refractivity contribution in [3.63, 3.8) is 0 Å². The Morgan fingerprint density at radius 1 is 1.50 bits per heavy atom. The van der Waals surface area contributed by atoms with Crippen LogP contribution in [0.3, 0.4) is 0 Å². The summed E-state index contributed by atoms with van der Waals surface area (Å²) in [6.45, 7) is 0. The molecule has 2 nitrogen and oxygen atoms in total. The zero-order valence-corrected chi connectivity index (χ0v) is 6.80. The standard InChI is InChI=1S/C3H4N2.K/c1-2-5-3-4-1;/h1-3H,(H,4,5);. The minimum atomic E-state index is 0. The maximum absolute atomic E-state index is 3.67. The van der Waals surface area contributed by atoms with Gasteiger partial charge in [-0.2, -0.15) is 0 Å². The van der Waals surface area contributed by atoms with Crippen molar-refractivity contribution < 1.29 is 0 Å². The Hall–Kier alpha value is 0.846. The van der Waals surface area contributed by atoms with E-state index in [4.69, 9.17) is 0 Å². The van der Waals surface area contributed by atoms with E-state index in [9.17, 15) is 0 Å². The van der Waals surface area contributed by atoms with Crippen LogP contribution >= 0.6 is 0 Å². The summed E-state index contributed by atoms with van der Waals surface area (Å²) in [4.78, 5) is 6.42. The summed E-state index contributed by atoms with van der Waals surface area (Å²) in [7, 11) is 0. The molecule has 3 heteroatoms. The zero-order valence-electron chi connectivity index (χ0n) is 3.68. The third kappa shape index (κ3) is 2.10. The van der Waals surface area contributed by atoms with Crippen molar-refractivity contribution in [2.75, 3.05) is 0 Å². The summed E-state index contributed by atoms with van der Waals surface area (Å²) in [5, 5.41) is 0. The van der Waals surface area contributed by atoms with Crippen LogP contribution in [-0.4, -0.2) is 61.4 Å². The summed E-state index contributed by atoms with van der Waals surface area (Å²) < 4.78 is 0. The molecule has 1 aromatic heterocycles. The van der Waals surface area contributed by atoms with Crippen LogP contribution in [0.5, 0.6) is 0 Å². The maximum atomic E-state index is 3.67. The smallest absolute Gasteiger partial charge is 0.0919 e. The largest absolute Gasteiger partial charge is 0.351 e. The van der Waals surface area contributed by atoms with Crippen LogP contribution in [-0.2, 0) is 0 Å². The average molecular weight is 107 g/mol. The Kier molecular flexibility index (Phi) is 4.58. The molecule has 0 fully saturated rings. The predicted molar refractivity (Wildman–Crippen MR) is 24.3 cm³/mol. The van der Waals surface area contributed by atoms with E-state index in [-0.39, 0.29) is 51.4 Å². The van der Waals surface area contributed by atoms with E-state index < -0.39 is 0 Å². The third-order valence-electron chi connectivity index (χ3n) is 0.406. The zero-order chi connectivity index (χ0) is 3.54. The first kappa shape index (κ1) is 6.85. The van der Waals surface area contributed by atoms with Crippen molar-refractivity contribution >= 4 is 51.4 Å². The van der Waals surface area contributed by atoms with Gasteiger partial charge in [0.25, 0.3) is 0 Å². The predicted octanol–water partition coefficient (Wildman–Crippen LogP) is 0.0289. The fourth-order valence-electron chi connectivity index (χ4n) is 0.215. The minimum Gasteiger partial charge on any atom is -0.351 e. The number of rotatable bonds is 0. The van der Waals surface area contributed by atoms with Crippen molar-refractivity contribution in [1.82, 2.24) is 9.97 Å². The van der Waals surface area contributed by atoms with Gasteiger partial charge in [0.05, 0.1) is 6.33 Å². The van der Waals surface area contributed by atoms with Crippen LogP contribution < -0.4 is 0 Å². The molecule has 0 amide bonds. The molecular weight excluding hydrogens is 103 g/mol. The molecule has 1 aromatic rings. The van der Waals surface area contributed by atoms with Gasteiger partial charge in [0.2, 0.25) is 0 Å². The molecule has 0 saturated carbocycles. The second-order valence-electron chi connectivity index (χ2n) is 0.761. The summed E-state index contributed by atoms with van der Waals surface area (Å²) in [6.07, 6.45) is 5.08. The molecule has 1 N–H and O–H groups in total. The van der Waals surface area contributed by atoms with E-state index in [1.807, 2.05) is 0 Å². The first-order valence-corrected chi connectivity index (χ1v) is 1.43. The Morgan fingerprint density at radius 2 is 2.33 bits per heavy atom. The average Bonchev–Trinajstić information content (AvgIpc) is 1.76. The Morgan fingerprint density at radius 3 is 2.50 bits per heavy atom. The van der Waals surface area contributed by atoms with E-state index in [0.717, 1.165) is 0 Å². The van der Waals surface area contributed by atoms with Crippen molar-refractivity contribution in [3.8, 4) is 0 Å². The van der Waals surface area contributed by atoms with Crippen molar-refractivity contribution in [1.29, 1.82) is 0 Å². The van der Waals surface area contributed by atoms with Gasteiger partial charge >= 0.3 is 0 Å². The Labute approximate surface area is 78.8 Å². The number of aromatic nitrogens is 2. The summed E-state index contributed by atoms with van der Waals surface area (Å²) in [5.74, 6) is 0. The number of imidazole rings is 1. The Balaban J connectivity index is 0.000000250. The molecule has 0 bridgehead atoms. The van der Waals surface area contributed by atoms with E-state index >= 15 is 0 Å². The van der Waals surface area contributed by atoms with E-state index in [2.05, 4.69) is 9.97 Å². The normalized spacial score (nSPS) is 6.67. The van der Waals surface area contributed by atoms with Crippen LogP contribution in [0, 0.1) is 0 Å². The molecular formula is C3H4KN2. The molecule has 1 radical (unpaired) electrons. The molecule has 1 heterocycles. The summed E-state index contributed by atoms with van der Waals surface area (Å²) >= 11 is 0. The SMILES string of the molecule is [K].c1c[nH]cn1. The van der Waals surface area contributed by atoms with Crippen LogP contribution in [0.15, 0.2) is 18.7 Å². The molecule has 6 heavy (non-hydrogen) atoms. The molecule has 0 aliphatic carbocycles. The van der Waals surface area contributed by atoms with E-state index in [1.165, 1.54) is 0 Å².